The van der Waals surface area contributed by atoms with Crippen LogP contribution in [0.25, 0.3) is 11.3 Å². The van der Waals surface area contributed by atoms with Gasteiger partial charge in [0.2, 0.25) is 0 Å². The zero-order valence-corrected chi connectivity index (χ0v) is 12.1. The van der Waals surface area contributed by atoms with Crippen molar-refractivity contribution in [1.82, 2.24) is 15.0 Å². The molecule has 0 fully saturated rings. The summed E-state index contributed by atoms with van der Waals surface area (Å²) < 4.78 is 1.68. The molecule has 0 radical (unpaired) electrons. The normalized spacial score (nSPS) is 12.3. The topological polar surface area (TPSA) is 68.0 Å². The number of aromatic nitrogens is 3. The van der Waals surface area contributed by atoms with Gasteiger partial charge in [-0.2, -0.15) is 0 Å². The summed E-state index contributed by atoms with van der Waals surface area (Å²) in [4.78, 5) is 11.3. The number of nitrogens with zero attached hydrogens (tertiary/aromatic N) is 3. The molecular weight excluding hydrogens is 278 g/mol. The van der Waals surface area contributed by atoms with E-state index in [4.69, 9.17) is 11.6 Å². The lowest BCUT2D eigenvalue weighted by molar-refractivity contribution is 0.0691. The first-order valence-corrected chi connectivity index (χ1v) is 6.86. The maximum atomic E-state index is 11.3. The van der Waals surface area contributed by atoms with Crippen LogP contribution in [0.2, 0.25) is 5.02 Å². The van der Waals surface area contributed by atoms with Gasteiger partial charge in [-0.15, -0.1) is 5.10 Å². The average molecular weight is 294 g/mol. The van der Waals surface area contributed by atoms with Gasteiger partial charge in [-0.05, 0) is 25.5 Å². The first-order chi connectivity index (χ1) is 9.54. The maximum absolute atomic E-state index is 11.3. The first kappa shape index (κ1) is 14.5. The van der Waals surface area contributed by atoms with Crippen molar-refractivity contribution in [2.45, 2.75) is 32.7 Å². The van der Waals surface area contributed by atoms with E-state index in [2.05, 4.69) is 17.2 Å². The Morgan fingerprint density at radius 2 is 2.05 bits per heavy atom. The van der Waals surface area contributed by atoms with Gasteiger partial charge in [0.05, 0.1) is 6.04 Å². The Kier molecular flexibility index (Phi) is 4.39. The molecule has 0 amide bonds. The van der Waals surface area contributed by atoms with Gasteiger partial charge in [-0.1, -0.05) is 42.3 Å². The number of halogens is 1. The lowest BCUT2D eigenvalue weighted by Gasteiger charge is -2.14. The van der Waals surface area contributed by atoms with Crippen LogP contribution in [-0.4, -0.2) is 26.1 Å². The highest BCUT2D eigenvalue weighted by molar-refractivity contribution is 6.30. The summed E-state index contributed by atoms with van der Waals surface area (Å²) >= 11 is 5.87. The van der Waals surface area contributed by atoms with Gasteiger partial charge in [0.1, 0.15) is 5.69 Å². The maximum Gasteiger partial charge on any atom is 0.358 e. The molecule has 20 heavy (non-hydrogen) atoms. The summed E-state index contributed by atoms with van der Waals surface area (Å²) in [6.07, 6.45) is 1.90. The van der Waals surface area contributed by atoms with E-state index in [0.717, 1.165) is 18.4 Å². The number of carboxylic acids is 1. The minimum Gasteiger partial charge on any atom is -0.476 e. The van der Waals surface area contributed by atoms with E-state index in [1.165, 1.54) is 0 Å². The van der Waals surface area contributed by atoms with E-state index in [-0.39, 0.29) is 11.7 Å². The Morgan fingerprint density at radius 1 is 1.40 bits per heavy atom. The molecule has 1 aromatic carbocycles. The van der Waals surface area contributed by atoms with Crippen molar-refractivity contribution in [1.29, 1.82) is 0 Å². The number of aromatic carboxylic acids is 1. The molecule has 2 rings (SSSR count). The molecule has 1 heterocycles. The smallest absolute Gasteiger partial charge is 0.358 e. The second-order valence-electron chi connectivity index (χ2n) is 4.68. The molecule has 5 nitrogen and oxygen atoms in total. The van der Waals surface area contributed by atoms with Crippen LogP contribution < -0.4 is 0 Å². The zero-order valence-electron chi connectivity index (χ0n) is 11.4. The standard InChI is InChI=1S/C14H16ClN3O2/c1-3-4-9(2)18-13(12(14(19)20)16-17-18)10-5-7-11(15)8-6-10/h5-9H,3-4H2,1-2H3,(H,19,20). The number of hydrogen-bond donors (Lipinski definition) is 1. The Labute approximate surface area is 122 Å². The summed E-state index contributed by atoms with van der Waals surface area (Å²) in [5.41, 5.74) is 1.24. The van der Waals surface area contributed by atoms with E-state index in [1.54, 1.807) is 28.9 Å². The molecule has 0 aliphatic rings. The summed E-state index contributed by atoms with van der Waals surface area (Å²) in [7, 11) is 0. The number of hydrogen-bond acceptors (Lipinski definition) is 3. The number of carboxylic acid groups (broad SMARTS) is 1. The molecule has 0 aliphatic carbocycles. The van der Waals surface area contributed by atoms with Crippen molar-refractivity contribution in [3.8, 4) is 11.3 Å². The third kappa shape index (κ3) is 2.82. The summed E-state index contributed by atoms with van der Waals surface area (Å²) in [6.45, 7) is 4.08. The molecule has 0 saturated carbocycles. The fourth-order valence-corrected chi connectivity index (χ4v) is 2.29. The van der Waals surface area contributed by atoms with Crippen LogP contribution in [0.5, 0.6) is 0 Å². The van der Waals surface area contributed by atoms with Crippen LogP contribution in [0, 0.1) is 0 Å². The van der Waals surface area contributed by atoms with Crippen molar-refractivity contribution >= 4 is 17.6 Å². The van der Waals surface area contributed by atoms with Crippen molar-refractivity contribution in [2.75, 3.05) is 0 Å². The molecule has 0 aliphatic heterocycles. The lowest BCUT2D eigenvalue weighted by atomic mass is 10.1. The van der Waals surface area contributed by atoms with Gasteiger partial charge in [-0.3, -0.25) is 0 Å². The Hall–Kier alpha value is -1.88. The van der Waals surface area contributed by atoms with Gasteiger partial charge in [-0.25, -0.2) is 9.48 Å². The SMILES string of the molecule is CCCC(C)n1nnc(C(=O)O)c1-c1ccc(Cl)cc1. The second-order valence-corrected chi connectivity index (χ2v) is 5.12. The molecule has 1 unspecified atom stereocenters. The molecule has 0 spiro atoms. The van der Waals surface area contributed by atoms with Crippen molar-refractivity contribution in [2.24, 2.45) is 0 Å². The van der Waals surface area contributed by atoms with E-state index in [9.17, 15) is 9.90 Å². The van der Waals surface area contributed by atoms with E-state index in [1.807, 2.05) is 6.92 Å². The predicted octanol–water partition coefficient (Wildman–Crippen LogP) is 3.66. The molecule has 1 aromatic heterocycles. The molecule has 1 N–H and O–H groups in total. The molecule has 106 valence electrons. The van der Waals surface area contributed by atoms with E-state index >= 15 is 0 Å². The quantitative estimate of drug-likeness (QED) is 0.913. The zero-order chi connectivity index (χ0) is 14.7. The number of carbonyl (C=O) groups is 1. The van der Waals surface area contributed by atoms with E-state index < -0.39 is 5.97 Å². The minimum absolute atomic E-state index is 0.0322. The van der Waals surface area contributed by atoms with Crippen LogP contribution in [-0.2, 0) is 0 Å². The van der Waals surface area contributed by atoms with Crippen LogP contribution in [0.3, 0.4) is 0 Å². The summed E-state index contributed by atoms with van der Waals surface area (Å²) in [5, 5.41) is 17.7. The van der Waals surface area contributed by atoms with Gasteiger partial charge in [0.25, 0.3) is 0 Å². The average Bonchev–Trinajstić information content (AvgIpc) is 2.84. The molecular formula is C14H16ClN3O2. The molecule has 6 heteroatoms. The Bertz CT molecular complexity index is 607. The fraction of sp³-hybridized carbons (Fsp3) is 0.357. The van der Waals surface area contributed by atoms with E-state index in [0.29, 0.717) is 10.7 Å². The van der Waals surface area contributed by atoms with Crippen LogP contribution >= 0.6 is 11.6 Å². The summed E-state index contributed by atoms with van der Waals surface area (Å²) in [6, 6.07) is 7.10. The van der Waals surface area contributed by atoms with Crippen LogP contribution in [0.4, 0.5) is 0 Å². The lowest BCUT2D eigenvalue weighted by Crippen LogP contribution is -2.09. The van der Waals surface area contributed by atoms with Gasteiger partial charge in [0, 0.05) is 10.6 Å². The number of benzene rings is 1. The third-order valence-electron chi connectivity index (χ3n) is 3.14. The monoisotopic (exact) mass is 293 g/mol. The number of rotatable bonds is 5. The highest BCUT2D eigenvalue weighted by atomic mass is 35.5. The van der Waals surface area contributed by atoms with Crippen molar-refractivity contribution < 1.29 is 9.90 Å². The predicted molar refractivity (Wildman–Crippen MR) is 77.0 cm³/mol. The van der Waals surface area contributed by atoms with Gasteiger partial charge in [0.15, 0.2) is 5.69 Å². The first-order valence-electron chi connectivity index (χ1n) is 6.49. The van der Waals surface area contributed by atoms with Crippen molar-refractivity contribution in [3.63, 3.8) is 0 Å². The molecule has 0 saturated heterocycles. The highest BCUT2D eigenvalue weighted by Crippen LogP contribution is 2.27. The minimum atomic E-state index is -1.08. The highest BCUT2D eigenvalue weighted by Gasteiger charge is 2.22. The van der Waals surface area contributed by atoms with Crippen LogP contribution in [0.1, 0.15) is 43.2 Å². The molecule has 2 aromatic rings. The molecule has 0 bridgehead atoms. The third-order valence-corrected chi connectivity index (χ3v) is 3.39. The summed E-state index contributed by atoms with van der Waals surface area (Å²) in [5.74, 6) is -1.08. The van der Waals surface area contributed by atoms with Crippen molar-refractivity contribution in [3.05, 3.63) is 35.0 Å². The largest absolute Gasteiger partial charge is 0.476 e. The fourth-order valence-electron chi connectivity index (χ4n) is 2.16. The van der Waals surface area contributed by atoms with Gasteiger partial charge >= 0.3 is 5.97 Å². The van der Waals surface area contributed by atoms with Crippen LogP contribution in [0.15, 0.2) is 24.3 Å². The Morgan fingerprint density at radius 3 is 2.60 bits per heavy atom. The Balaban J connectivity index is 2.55. The molecule has 1 atom stereocenters. The second kappa shape index (κ2) is 6.05. The van der Waals surface area contributed by atoms with Gasteiger partial charge < -0.3 is 5.11 Å².